The molecule has 1 atom stereocenters. The number of hydrogen-bond donors (Lipinski definition) is 2. The van der Waals surface area contributed by atoms with E-state index >= 15 is 0 Å². The van der Waals surface area contributed by atoms with E-state index in [9.17, 15) is 22.8 Å². The molecule has 0 spiro atoms. The van der Waals surface area contributed by atoms with Crippen LogP contribution in [0.4, 0.5) is 13.2 Å². The van der Waals surface area contributed by atoms with E-state index in [1.54, 1.807) is 18.2 Å². The van der Waals surface area contributed by atoms with Crippen LogP contribution in [0, 0.1) is 0 Å². The van der Waals surface area contributed by atoms with Gasteiger partial charge in [0.15, 0.2) is 0 Å². The standard InChI is InChI=1S/C18H16ClF3N2O3/c1-27-15-6-5-10(7-13(15)19)8-14(16(23)25)24-17(26)11-3-2-4-12(9-11)18(20,21)22/h2-7,9,14H,8H2,1H3,(H2,23,25)(H,24,26)/t14-/m0/s1. The minimum absolute atomic E-state index is 0.0176. The van der Waals surface area contributed by atoms with Gasteiger partial charge in [0.25, 0.3) is 5.91 Å². The Morgan fingerprint density at radius 2 is 1.93 bits per heavy atom. The molecule has 0 aliphatic carbocycles. The Hall–Kier alpha value is -2.74. The Morgan fingerprint density at radius 3 is 2.48 bits per heavy atom. The molecule has 2 rings (SSSR count). The summed E-state index contributed by atoms with van der Waals surface area (Å²) in [7, 11) is 1.45. The summed E-state index contributed by atoms with van der Waals surface area (Å²) in [4.78, 5) is 23.9. The third-order valence-electron chi connectivity index (χ3n) is 3.76. The number of carbonyl (C=O) groups excluding carboxylic acids is 2. The average molecular weight is 401 g/mol. The van der Waals surface area contributed by atoms with Gasteiger partial charge in [0, 0.05) is 12.0 Å². The Bertz CT molecular complexity index is 856. The number of amides is 2. The van der Waals surface area contributed by atoms with Crippen LogP contribution in [0.2, 0.25) is 5.02 Å². The van der Waals surface area contributed by atoms with Gasteiger partial charge >= 0.3 is 6.18 Å². The Balaban J connectivity index is 2.17. The van der Waals surface area contributed by atoms with E-state index in [0.717, 1.165) is 12.1 Å². The second-order valence-electron chi connectivity index (χ2n) is 5.68. The smallest absolute Gasteiger partial charge is 0.416 e. The highest BCUT2D eigenvalue weighted by Gasteiger charge is 2.31. The van der Waals surface area contributed by atoms with Crippen LogP contribution in [0.15, 0.2) is 42.5 Å². The molecule has 2 aromatic rings. The Kier molecular flexibility index (Phi) is 6.32. The van der Waals surface area contributed by atoms with Crippen LogP contribution in [0.5, 0.6) is 5.75 Å². The third-order valence-corrected chi connectivity index (χ3v) is 4.05. The van der Waals surface area contributed by atoms with Gasteiger partial charge in [-0.05, 0) is 35.9 Å². The molecule has 5 nitrogen and oxygen atoms in total. The van der Waals surface area contributed by atoms with Gasteiger partial charge < -0.3 is 15.8 Å². The minimum Gasteiger partial charge on any atom is -0.495 e. The van der Waals surface area contributed by atoms with E-state index in [4.69, 9.17) is 22.1 Å². The molecule has 0 saturated heterocycles. The largest absolute Gasteiger partial charge is 0.495 e. The molecule has 0 aliphatic rings. The topological polar surface area (TPSA) is 81.4 Å². The summed E-state index contributed by atoms with van der Waals surface area (Å²) in [6, 6.07) is 7.53. The molecule has 144 valence electrons. The molecule has 0 fully saturated rings. The molecule has 0 unspecified atom stereocenters. The van der Waals surface area contributed by atoms with Crippen molar-refractivity contribution < 1.29 is 27.5 Å². The second kappa shape index (κ2) is 8.30. The summed E-state index contributed by atoms with van der Waals surface area (Å²) in [6.07, 6.45) is -4.57. The Morgan fingerprint density at radius 1 is 1.22 bits per heavy atom. The number of benzene rings is 2. The van der Waals surface area contributed by atoms with Gasteiger partial charge in [-0.25, -0.2) is 0 Å². The first-order chi connectivity index (χ1) is 12.6. The lowest BCUT2D eigenvalue weighted by atomic mass is 10.0. The maximum atomic E-state index is 12.8. The van der Waals surface area contributed by atoms with Crippen molar-refractivity contribution in [3.8, 4) is 5.75 Å². The molecule has 2 aromatic carbocycles. The summed E-state index contributed by atoms with van der Waals surface area (Å²) < 4.78 is 43.4. The predicted molar refractivity (Wildman–Crippen MR) is 93.6 cm³/mol. The zero-order valence-corrected chi connectivity index (χ0v) is 14.9. The summed E-state index contributed by atoms with van der Waals surface area (Å²) in [5.74, 6) is -1.24. The highest BCUT2D eigenvalue weighted by atomic mass is 35.5. The lowest BCUT2D eigenvalue weighted by molar-refractivity contribution is -0.137. The normalized spacial score (nSPS) is 12.3. The molecule has 27 heavy (non-hydrogen) atoms. The number of carbonyl (C=O) groups is 2. The predicted octanol–water partition coefficient (Wildman–Crippen LogP) is 3.19. The molecule has 2 amide bonds. The SMILES string of the molecule is COc1ccc(C[C@H](NC(=O)c2cccc(C(F)(F)F)c2)C(N)=O)cc1Cl. The van der Waals surface area contributed by atoms with Crippen LogP contribution >= 0.6 is 11.6 Å². The maximum absolute atomic E-state index is 12.8. The van der Waals surface area contributed by atoms with Gasteiger partial charge in [0.1, 0.15) is 11.8 Å². The molecule has 0 aromatic heterocycles. The van der Waals surface area contributed by atoms with Gasteiger partial charge in [-0.3, -0.25) is 9.59 Å². The van der Waals surface area contributed by atoms with Crippen molar-refractivity contribution in [2.24, 2.45) is 5.73 Å². The highest BCUT2D eigenvalue weighted by molar-refractivity contribution is 6.32. The Labute approximate surface area is 158 Å². The maximum Gasteiger partial charge on any atom is 0.416 e. The molecule has 0 heterocycles. The summed E-state index contributed by atoms with van der Waals surface area (Å²) >= 11 is 6.02. The number of alkyl halides is 3. The summed E-state index contributed by atoms with van der Waals surface area (Å²) in [6.45, 7) is 0. The van der Waals surface area contributed by atoms with Gasteiger partial charge in [0.05, 0.1) is 17.7 Å². The summed E-state index contributed by atoms with van der Waals surface area (Å²) in [5.41, 5.74) is 4.71. The molecule has 3 N–H and O–H groups in total. The quantitative estimate of drug-likeness (QED) is 0.781. The van der Waals surface area contributed by atoms with Crippen molar-refractivity contribution >= 4 is 23.4 Å². The van der Waals surface area contributed by atoms with Crippen LogP contribution in [-0.2, 0) is 17.4 Å². The van der Waals surface area contributed by atoms with E-state index in [0.29, 0.717) is 22.4 Å². The number of primary amides is 1. The van der Waals surface area contributed by atoms with Crippen LogP contribution in [0.3, 0.4) is 0 Å². The highest BCUT2D eigenvalue weighted by Crippen LogP contribution is 2.29. The fourth-order valence-corrected chi connectivity index (χ4v) is 2.65. The number of ether oxygens (including phenoxy) is 1. The van der Waals surface area contributed by atoms with E-state index < -0.39 is 29.6 Å². The monoisotopic (exact) mass is 400 g/mol. The van der Waals surface area contributed by atoms with E-state index in [1.807, 2.05) is 0 Å². The third kappa shape index (κ3) is 5.37. The van der Waals surface area contributed by atoms with E-state index in [2.05, 4.69) is 5.32 Å². The number of halogens is 4. The van der Waals surface area contributed by atoms with Crippen LogP contribution < -0.4 is 15.8 Å². The van der Waals surface area contributed by atoms with Crippen molar-refractivity contribution in [3.05, 3.63) is 64.2 Å². The first-order valence-corrected chi connectivity index (χ1v) is 8.09. The van der Waals surface area contributed by atoms with Gasteiger partial charge in [-0.15, -0.1) is 0 Å². The van der Waals surface area contributed by atoms with Crippen molar-refractivity contribution in [3.63, 3.8) is 0 Å². The van der Waals surface area contributed by atoms with Gasteiger partial charge in [-0.2, -0.15) is 13.2 Å². The van der Waals surface area contributed by atoms with Crippen LogP contribution in [-0.4, -0.2) is 25.0 Å². The zero-order valence-electron chi connectivity index (χ0n) is 14.1. The molecule has 0 bridgehead atoms. The molecule has 9 heteroatoms. The fraction of sp³-hybridized carbons (Fsp3) is 0.222. The van der Waals surface area contributed by atoms with Crippen LogP contribution in [0.1, 0.15) is 21.5 Å². The number of rotatable bonds is 6. The van der Waals surface area contributed by atoms with Crippen molar-refractivity contribution in [1.29, 1.82) is 0 Å². The molecular weight excluding hydrogens is 385 g/mol. The first-order valence-electron chi connectivity index (χ1n) is 7.71. The van der Waals surface area contributed by atoms with Gasteiger partial charge in [0.2, 0.25) is 5.91 Å². The molecule has 0 aliphatic heterocycles. The minimum atomic E-state index is -4.58. The fourth-order valence-electron chi connectivity index (χ4n) is 2.37. The van der Waals surface area contributed by atoms with Crippen molar-refractivity contribution in [2.75, 3.05) is 7.11 Å². The van der Waals surface area contributed by atoms with E-state index in [-0.39, 0.29) is 12.0 Å². The molecule has 0 radical (unpaired) electrons. The van der Waals surface area contributed by atoms with E-state index in [1.165, 1.54) is 13.2 Å². The number of nitrogens with two attached hydrogens (primary N) is 1. The first kappa shape index (κ1) is 20.6. The second-order valence-corrected chi connectivity index (χ2v) is 6.09. The van der Waals surface area contributed by atoms with Crippen molar-refractivity contribution in [2.45, 2.75) is 18.6 Å². The number of hydrogen-bond acceptors (Lipinski definition) is 3. The van der Waals surface area contributed by atoms with Crippen LogP contribution in [0.25, 0.3) is 0 Å². The lowest BCUT2D eigenvalue weighted by Crippen LogP contribution is -2.45. The molecular formula is C18H16ClF3N2O3. The number of nitrogens with one attached hydrogen (secondary N) is 1. The lowest BCUT2D eigenvalue weighted by Gasteiger charge is -2.17. The molecule has 0 saturated carbocycles. The number of methoxy groups -OCH3 is 1. The van der Waals surface area contributed by atoms with Crippen molar-refractivity contribution in [1.82, 2.24) is 5.32 Å². The average Bonchev–Trinajstić information content (AvgIpc) is 2.60. The summed E-state index contributed by atoms with van der Waals surface area (Å²) in [5, 5.41) is 2.66. The zero-order chi connectivity index (χ0) is 20.2. The van der Waals surface area contributed by atoms with Gasteiger partial charge in [-0.1, -0.05) is 23.7 Å².